The summed E-state index contributed by atoms with van der Waals surface area (Å²) in [5.74, 6) is 0.805. The Hall–Kier alpha value is -1.34. The van der Waals surface area contributed by atoms with Gasteiger partial charge in [0.2, 0.25) is 0 Å². The third-order valence-corrected chi connectivity index (χ3v) is 5.41. The predicted octanol–water partition coefficient (Wildman–Crippen LogP) is 1.32. The van der Waals surface area contributed by atoms with Crippen LogP contribution in [0.4, 0.5) is 10.9 Å². The Balaban J connectivity index is 1.95. The van der Waals surface area contributed by atoms with Crippen molar-refractivity contribution in [1.82, 2.24) is 10.3 Å². The summed E-state index contributed by atoms with van der Waals surface area (Å²) in [5, 5.41) is 13.0. The second-order valence-corrected chi connectivity index (χ2v) is 6.55. The van der Waals surface area contributed by atoms with Crippen LogP contribution in [-0.2, 0) is 0 Å². The number of carbonyl (C=O) groups excluding carboxylic acids is 1. The fraction of sp³-hybridized carbons (Fsp3) is 0.714. The fourth-order valence-electron chi connectivity index (χ4n) is 2.71. The van der Waals surface area contributed by atoms with Crippen molar-refractivity contribution in [2.75, 3.05) is 37.4 Å². The van der Waals surface area contributed by atoms with E-state index < -0.39 is 0 Å². The number of nitrogens with one attached hydrogen (secondary N) is 1. The molecule has 1 aromatic heterocycles. The van der Waals surface area contributed by atoms with Crippen LogP contribution in [0.25, 0.3) is 0 Å². The number of rotatable bonds is 6. The van der Waals surface area contributed by atoms with E-state index in [1.807, 2.05) is 18.9 Å². The van der Waals surface area contributed by atoms with Crippen molar-refractivity contribution < 1.29 is 9.90 Å². The molecule has 0 saturated heterocycles. The number of nitrogens with zero attached hydrogens (tertiary/aromatic N) is 2. The monoisotopic (exact) mass is 312 g/mol. The average Bonchev–Trinajstić information content (AvgIpc) is 3.09. The number of aromatic nitrogens is 1. The molecule has 0 aromatic carbocycles. The normalized spacial score (nSPS) is 21.5. The van der Waals surface area contributed by atoms with Crippen LogP contribution in [0.1, 0.15) is 35.9 Å². The van der Waals surface area contributed by atoms with Crippen LogP contribution in [0, 0.1) is 11.8 Å². The molecular formula is C14H24N4O2S. The molecule has 6 nitrogen and oxygen atoms in total. The van der Waals surface area contributed by atoms with E-state index in [1.54, 1.807) is 0 Å². The van der Waals surface area contributed by atoms with E-state index in [2.05, 4.69) is 10.3 Å². The van der Waals surface area contributed by atoms with Crippen LogP contribution in [0.2, 0.25) is 0 Å². The van der Waals surface area contributed by atoms with Gasteiger partial charge in [-0.2, -0.15) is 0 Å². The Kier molecular flexibility index (Phi) is 5.41. The SMILES string of the molecule is CCN(C)c1nc(N)c(C(=O)NCC2CCCC2CO)s1. The summed E-state index contributed by atoms with van der Waals surface area (Å²) in [4.78, 5) is 18.9. The summed E-state index contributed by atoms with van der Waals surface area (Å²) in [6, 6.07) is 0. The minimum Gasteiger partial charge on any atom is -0.396 e. The molecule has 0 bridgehead atoms. The van der Waals surface area contributed by atoms with E-state index in [0.29, 0.717) is 23.3 Å². The molecule has 21 heavy (non-hydrogen) atoms. The van der Waals surface area contributed by atoms with Gasteiger partial charge in [0, 0.05) is 26.7 Å². The van der Waals surface area contributed by atoms with Crippen LogP contribution < -0.4 is 16.0 Å². The van der Waals surface area contributed by atoms with Gasteiger partial charge in [0.25, 0.3) is 5.91 Å². The minimum atomic E-state index is -0.163. The van der Waals surface area contributed by atoms with Gasteiger partial charge in [-0.1, -0.05) is 17.8 Å². The van der Waals surface area contributed by atoms with E-state index in [9.17, 15) is 9.90 Å². The third-order valence-electron chi connectivity index (χ3n) is 4.23. The zero-order chi connectivity index (χ0) is 15.4. The number of nitrogens with two attached hydrogens (primary N) is 1. The number of hydrogen-bond donors (Lipinski definition) is 3. The van der Waals surface area contributed by atoms with Gasteiger partial charge in [-0.25, -0.2) is 4.98 Å². The molecule has 1 heterocycles. The van der Waals surface area contributed by atoms with E-state index in [-0.39, 0.29) is 18.3 Å². The molecule has 1 aliphatic rings. The van der Waals surface area contributed by atoms with E-state index in [0.717, 1.165) is 30.9 Å². The molecule has 7 heteroatoms. The predicted molar refractivity (Wildman–Crippen MR) is 85.7 cm³/mol. The number of carbonyl (C=O) groups is 1. The first-order chi connectivity index (χ1) is 10.1. The molecule has 1 amide bonds. The van der Waals surface area contributed by atoms with Crippen LogP contribution >= 0.6 is 11.3 Å². The maximum absolute atomic E-state index is 12.2. The molecule has 1 aliphatic carbocycles. The van der Waals surface area contributed by atoms with E-state index >= 15 is 0 Å². The number of thiazole rings is 1. The second-order valence-electron chi connectivity index (χ2n) is 5.57. The topological polar surface area (TPSA) is 91.5 Å². The van der Waals surface area contributed by atoms with Crippen molar-refractivity contribution in [1.29, 1.82) is 0 Å². The first-order valence-corrected chi connectivity index (χ1v) is 8.25. The van der Waals surface area contributed by atoms with Gasteiger partial charge >= 0.3 is 0 Å². The van der Waals surface area contributed by atoms with Gasteiger partial charge < -0.3 is 21.1 Å². The van der Waals surface area contributed by atoms with Crippen LogP contribution in [0.15, 0.2) is 0 Å². The van der Waals surface area contributed by atoms with Crippen molar-refractivity contribution in [3.05, 3.63) is 4.88 Å². The molecule has 4 N–H and O–H groups in total. The quantitative estimate of drug-likeness (QED) is 0.737. The van der Waals surface area contributed by atoms with Crippen molar-refractivity contribution in [3.8, 4) is 0 Å². The Morgan fingerprint density at radius 2 is 2.24 bits per heavy atom. The lowest BCUT2D eigenvalue weighted by Crippen LogP contribution is -2.31. The lowest BCUT2D eigenvalue weighted by atomic mass is 9.97. The molecule has 0 aliphatic heterocycles. The smallest absolute Gasteiger partial charge is 0.265 e. The second kappa shape index (κ2) is 7.09. The van der Waals surface area contributed by atoms with Gasteiger partial charge in [0.15, 0.2) is 5.13 Å². The van der Waals surface area contributed by atoms with Gasteiger partial charge in [-0.3, -0.25) is 4.79 Å². The van der Waals surface area contributed by atoms with Gasteiger partial charge in [-0.15, -0.1) is 0 Å². The standard InChI is InChI=1S/C14H24N4O2S/c1-3-18(2)14-17-12(15)11(21-14)13(20)16-7-9-5-4-6-10(9)8-19/h9-10,19H,3-8,15H2,1-2H3,(H,16,20). The minimum absolute atomic E-state index is 0.163. The third kappa shape index (κ3) is 3.65. The van der Waals surface area contributed by atoms with Gasteiger partial charge in [0.05, 0.1) is 0 Å². The lowest BCUT2D eigenvalue weighted by molar-refractivity contribution is 0.0942. The molecule has 118 valence electrons. The summed E-state index contributed by atoms with van der Waals surface area (Å²) in [6.45, 7) is 3.63. The Bertz CT molecular complexity index is 491. The summed E-state index contributed by atoms with van der Waals surface area (Å²) in [7, 11) is 1.92. The molecule has 0 spiro atoms. The molecule has 2 unspecified atom stereocenters. The number of nitrogen functional groups attached to an aromatic ring is 1. The molecule has 2 rings (SSSR count). The van der Waals surface area contributed by atoms with Crippen LogP contribution in [0.3, 0.4) is 0 Å². The summed E-state index contributed by atoms with van der Waals surface area (Å²) < 4.78 is 0. The Morgan fingerprint density at radius 1 is 1.52 bits per heavy atom. The number of aliphatic hydroxyl groups is 1. The number of hydrogen-bond acceptors (Lipinski definition) is 6. The highest BCUT2D eigenvalue weighted by Crippen LogP contribution is 2.31. The van der Waals surface area contributed by atoms with Crippen molar-refractivity contribution in [3.63, 3.8) is 0 Å². The molecule has 1 saturated carbocycles. The molecule has 1 fully saturated rings. The summed E-state index contributed by atoms with van der Waals surface area (Å²) in [5.41, 5.74) is 5.84. The molecule has 2 atom stereocenters. The van der Waals surface area contributed by atoms with Crippen molar-refractivity contribution in [2.45, 2.75) is 26.2 Å². The maximum Gasteiger partial charge on any atom is 0.265 e. The number of amides is 1. The lowest BCUT2D eigenvalue weighted by Gasteiger charge is -2.17. The number of anilines is 2. The number of aliphatic hydroxyl groups excluding tert-OH is 1. The van der Waals surface area contributed by atoms with Crippen LogP contribution in [-0.4, -0.2) is 42.7 Å². The molecule has 1 aromatic rings. The van der Waals surface area contributed by atoms with Gasteiger partial charge in [-0.05, 0) is 31.6 Å². The average molecular weight is 312 g/mol. The summed E-state index contributed by atoms with van der Waals surface area (Å²) in [6.07, 6.45) is 3.23. The Labute approximate surface area is 129 Å². The largest absolute Gasteiger partial charge is 0.396 e. The Morgan fingerprint density at radius 3 is 2.90 bits per heavy atom. The van der Waals surface area contributed by atoms with Crippen LogP contribution in [0.5, 0.6) is 0 Å². The first-order valence-electron chi connectivity index (χ1n) is 7.43. The van der Waals surface area contributed by atoms with Crippen molar-refractivity contribution in [2.24, 2.45) is 11.8 Å². The molecular weight excluding hydrogens is 288 g/mol. The highest BCUT2D eigenvalue weighted by Gasteiger charge is 2.27. The highest BCUT2D eigenvalue weighted by atomic mass is 32.1. The maximum atomic E-state index is 12.2. The highest BCUT2D eigenvalue weighted by molar-refractivity contribution is 7.18. The zero-order valence-electron chi connectivity index (χ0n) is 12.6. The van der Waals surface area contributed by atoms with Crippen molar-refractivity contribution >= 4 is 28.2 Å². The van der Waals surface area contributed by atoms with Gasteiger partial charge in [0.1, 0.15) is 10.7 Å². The van der Waals surface area contributed by atoms with E-state index in [1.165, 1.54) is 11.3 Å². The fourth-order valence-corrected chi connectivity index (χ4v) is 3.63. The molecule has 0 radical (unpaired) electrons. The first kappa shape index (κ1) is 16.0. The van der Waals surface area contributed by atoms with E-state index in [4.69, 9.17) is 5.73 Å². The zero-order valence-corrected chi connectivity index (χ0v) is 13.4. The summed E-state index contributed by atoms with van der Waals surface area (Å²) >= 11 is 1.32.